The van der Waals surface area contributed by atoms with E-state index < -0.39 is 6.17 Å². The number of nitrogens with one attached hydrogen (secondary N) is 1. The smallest absolute Gasteiger partial charge is 0.103 e. The van der Waals surface area contributed by atoms with Crippen LogP contribution in [0.2, 0.25) is 0 Å². The Hall–Kier alpha value is -0.110. The Bertz CT molecular complexity index is 88.7. The quantitative estimate of drug-likeness (QED) is 0.493. The minimum Gasteiger partial charge on any atom is -0.311 e. The van der Waals surface area contributed by atoms with Gasteiger partial charge in [0.2, 0.25) is 0 Å². The fraction of sp³-hybridized carbons (Fsp3) is 1.00. The van der Waals surface area contributed by atoms with E-state index in [2.05, 4.69) is 5.32 Å². The molecule has 0 aromatic heterocycles. The summed E-state index contributed by atoms with van der Waals surface area (Å²) < 4.78 is 12.4. The molecule has 2 bridgehead atoms. The van der Waals surface area contributed by atoms with E-state index in [0.717, 1.165) is 12.8 Å². The van der Waals surface area contributed by atoms with Crippen molar-refractivity contribution < 1.29 is 4.39 Å². The van der Waals surface area contributed by atoms with Crippen LogP contribution in [0.25, 0.3) is 0 Å². The molecule has 0 aromatic carbocycles. The van der Waals surface area contributed by atoms with Crippen molar-refractivity contribution in [2.75, 3.05) is 0 Å². The highest BCUT2D eigenvalue weighted by molar-refractivity contribution is 4.96. The summed E-state index contributed by atoms with van der Waals surface area (Å²) in [5.74, 6) is 0. The Labute approximate surface area is 48.3 Å². The molecule has 2 aliphatic heterocycles. The van der Waals surface area contributed by atoms with Crippen molar-refractivity contribution in [1.29, 1.82) is 0 Å². The molecule has 46 valence electrons. The van der Waals surface area contributed by atoms with Gasteiger partial charge < -0.3 is 5.32 Å². The summed E-state index contributed by atoms with van der Waals surface area (Å²) >= 11 is 0. The van der Waals surface area contributed by atoms with Crippen LogP contribution in [0.1, 0.15) is 19.3 Å². The van der Waals surface area contributed by atoms with Crippen LogP contribution < -0.4 is 5.32 Å². The van der Waals surface area contributed by atoms with Crippen molar-refractivity contribution in [2.45, 2.75) is 37.5 Å². The highest BCUT2D eigenvalue weighted by Gasteiger charge is 2.37. The van der Waals surface area contributed by atoms with Gasteiger partial charge in [-0.1, -0.05) is 0 Å². The molecule has 3 aliphatic rings. The van der Waals surface area contributed by atoms with Gasteiger partial charge in [-0.05, 0) is 19.3 Å². The van der Waals surface area contributed by atoms with E-state index in [1.807, 2.05) is 0 Å². The number of halogens is 1. The third-order valence-electron chi connectivity index (χ3n) is 2.12. The van der Waals surface area contributed by atoms with Gasteiger partial charge in [-0.15, -0.1) is 0 Å². The Morgan fingerprint density at radius 3 is 1.88 bits per heavy atom. The lowest BCUT2D eigenvalue weighted by molar-refractivity contribution is 0.0983. The molecule has 0 amide bonds. The first-order valence-electron chi connectivity index (χ1n) is 3.25. The Balaban J connectivity index is 1.97. The maximum Gasteiger partial charge on any atom is 0.103 e. The largest absolute Gasteiger partial charge is 0.311 e. The summed E-state index contributed by atoms with van der Waals surface area (Å²) in [4.78, 5) is 0. The van der Waals surface area contributed by atoms with Crippen LogP contribution in [-0.4, -0.2) is 18.3 Å². The van der Waals surface area contributed by atoms with E-state index in [0.29, 0.717) is 12.1 Å². The standard InChI is InChI=1S/C6H10FN/c7-4-1-5-3-6(2-4)8-5/h4-6,8H,1-3H2/t4?,5-,6?/m1/s1. The molecular weight excluding hydrogens is 105 g/mol. The van der Waals surface area contributed by atoms with Gasteiger partial charge in [0.25, 0.3) is 0 Å². The van der Waals surface area contributed by atoms with Crippen molar-refractivity contribution >= 4 is 0 Å². The Kier molecular flexibility index (Phi) is 0.852. The molecule has 3 rings (SSSR count). The third-order valence-corrected chi connectivity index (χ3v) is 2.12. The topological polar surface area (TPSA) is 12.0 Å². The second-order valence-corrected chi connectivity index (χ2v) is 2.86. The zero-order valence-electron chi connectivity index (χ0n) is 4.73. The molecule has 3 atom stereocenters. The molecule has 8 heavy (non-hydrogen) atoms. The van der Waals surface area contributed by atoms with Crippen LogP contribution in [0, 0.1) is 0 Å². The molecule has 2 heterocycles. The maximum absolute atomic E-state index is 12.4. The van der Waals surface area contributed by atoms with Gasteiger partial charge in [0, 0.05) is 12.1 Å². The number of alkyl halides is 1. The van der Waals surface area contributed by atoms with Crippen molar-refractivity contribution in [2.24, 2.45) is 0 Å². The number of hydrogen-bond donors (Lipinski definition) is 1. The molecule has 0 radical (unpaired) electrons. The van der Waals surface area contributed by atoms with Crippen LogP contribution >= 0.6 is 0 Å². The average molecular weight is 115 g/mol. The summed E-state index contributed by atoms with van der Waals surface area (Å²) in [5, 5.41) is 3.27. The van der Waals surface area contributed by atoms with Gasteiger partial charge in [0.05, 0.1) is 0 Å². The number of rotatable bonds is 0. The van der Waals surface area contributed by atoms with Gasteiger partial charge in [-0.3, -0.25) is 0 Å². The first-order chi connectivity index (χ1) is 3.84. The van der Waals surface area contributed by atoms with E-state index in [9.17, 15) is 4.39 Å². The summed E-state index contributed by atoms with van der Waals surface area (Å²) in [6.07, 6.45) is 2.24. The highest BCUT2D eigenvalue weighted by Crippen LogP contribution is 2.29. The molecule has 0 spiro atoms. The van der Waals surface area contributed by atoms with Crippen molar-refractivity contribution in [1.82, 2.24) is 5.32 Å². The van der Waals surface area contributed by atoms with E-state index in [1.54, 1.807) is 0 Å². The molecule has 1 N–H and O–H groups in total. The molecule has 3 fully saturated rings. The van der Waals surface area contributed by atoms with E-state index in [4.69, 9.17) is 0 Å². The molecule has 1 saturated carbocycles. The van der Waals surface area contributed by atoms with Gasteiger partial charge in [0.1, 0.15) is 6.17 Å². The minimum atomic E-state index is -0.500. The molecule has 2 heteroatoms. The third kappa shape index (κ3) is 0.558. The molecule has 2 saturated heterocycles. The maximum atomic E-state index is 12.4. The van der Waals surface area contributed by atoms with Crippen molar-refractivity contribution in [3.8, 4) is 0 Å². The summed E-state index contributed by atoms with van der Waals surface area (Å²) in [7, 11) is 0. The van der Waals surface area contributed by atoms with Crippen LogP contribution in [0.3, 0.4) is 0 Å². The lowest BCUT2D eigenvalue weighted by Gasteiger charge is -2.44. The average Bonchev–Trinajstić information content (AvgIpc) is 1.62. The van der Waals surface area contributed by atoms with Crippen molar-refractivity contribution in [3.63, 3.8) is 0 Å². The summed E-state index contributed by atoms with van der Waals surface area (Å²) in [6, 6.07) is 1.06. The first kappa shape index (κ1) is 4.74. The molecule has 1 aliphatic carbocycles. The van der Waals surface area contributed by atoms with E-state index >= 15 is 0 Å². The van der Waals surface area contributed by atoms with Gasteiger partial charge >= 0.3 is 0 Å². The first-order valence-corrected chi connectivity index (χ1v) is 3.25. The van der Waals surface area contributed by atoms with Gasteiger partial charge in [-0.2, -0.15) is 0 Å². The molecular formula is C6H10FN. The zero-order chi connectivity index (χ0) is 5.56. The van der Waals surface area contributed by atoms with Crippen LogP contribution in [0.15, 0.2) is 0 Å². The second kappa shape index (κ2) is 1.44. The SMILES string of the molecule is FC1CC2C[C@@H](C1)N2. The molecule has 0 aromatic rings. The predicted octanol–water partition coefficient (Wildman–Crippen LogP) is 0.849. The highest BCUT2D eigenvalue weighted by atomic mass is 19.1. The Morgan fingerprint density at radius 1 is 1.12 bits per heavy atom. The van der Waals surface area contributed by atoms with E-state index in [1.165, 1.54) is 6.42 Å². The second-order valence-electron chi connectivity index (χ2n) is 2.86. The van der Waals surface area contributed by atoms with Crippen LogP contribution in [-0.2, 0) is 0 Å². The van der Waals surface area contributed by atoms with Gasteiger partial charge in [-0.25, -0.2) is 4.39 Å². The molecule has 1 nitrogen and oxygen atoms in total. The van der Waals surface area contributed by atoms with Crippen LogP contribution in [0.5, 0.6) is 0 Å². The lowest BCUT2D eigenvalue weighted by Crippen LogP contribution is -2.58. The fourth-order valence-electron chi connectivity index (χ4n) is 1.69. The molecule has 2 unspecified atom stereocenters. The normalized spacial score (nSPS) is 52.9. The van der Waals surface area contributed by atoms with E-state index in [-0.39, 0.29) is 0 Å². The fourth-order valence-corrected chi connectivity index (χ4v) is 1.69. The number of hydrogen-bond acceptors (Lipinski definition) is 1. The summed E-state index contributed by atoms with van der Waals surface area (Å²) in [6.45, 7) is 0. The lowest BCUT2D eigenvalue weighted by atomic mass is 9.82. The number of piperidine rings is 1. The predicted molar refractivity (Wildman–Crippen MR) is 29.5 cm³/mol. The van der Waals surface area contributed by atoms with Crippen LogP contribution in [0.4, 0.5) is 4.39 Å². The summed E-state index contributed by atoms with van der Waals surface area (Å²) in [5.41, 5.74) is 0. The van der Waals surface area contributed by atoms with Crippen molar-refractivity contribution in [3.05, 3.63) is 0 Å². The van der Waals surface area contributed by atoms with Gasteiger partial charge in [0.15, 0.2) is 0 Å². The zero-order valence-corrected chi connectivity index (χ0v) is 4.73. The minimum absolute atomic E-state index is 0.500. The Morgan fingerprint density at radius 2 is 1.62 bits per heavy atom. The monoisotopic (exact) mass is 115 g/mol. The number of fused-ring (bicyclic) bond motifs is 2.